The van der Waals surface area contributed by atoms with Crippen molar-refractivity contribution in [1.29, 1.82) is 0 Å². The highest BCUT2D eigenvalue weighted by Crippen LogP contribution is 2.54. The van der Waals surface area contributed by atoms with Crippen LogP contribution in [0.1, 0.15) is 11.1 Å². The number of hydrogen-bond donors (Lipinski definition) is 0. The van der Waals surface area contributed by atoms with Gasteiger partial charge < -0.3 is 0 Å². The molecule has 0 nitrogen and oxygen atoms in total. The Morgan fingerprint density at radius 1 is 0.344 bits per heavy atom. The van der Waals surface area contributed by atoms with Crippen molar-refractivity contribution in [3.05, 3.63) is 157 Å². The highest BCUT2D eigenvalue weighted by Gasteiger charge is 2.47. The fourth-order valence-electron chi connectivity index (χ4n) is 4.56. The van der Waals surface area contributed by atoms with Gasteiger partial charge in [0.15, 0.2) is 0 Å². The van der Waals surface area contributed by atoms with Crippen LogP contribution < -0.4 is 21.2 Å². The van der Waals surface area contributed by atoms with Crippen molar-refractivity contribution in [1.82, 2.24) is 0 Å². The first-order valence-corrected chi connectivity index (χ1v) is 12.9. The minimum absolute atomic E-state index is 0.938. The second kappa shape index (κ2) is 9.35. The fraction of sp³-hybridized carbons (Fsp3) is 0.0323. The van der Waals surface area contributed by atoms with Crippen LogP contribution in [-0.2, 0) is 6.42 Å². The molecule has 32 heavy (non-hydrogen) atoms. The highest BCUT2D eigenvalue weighted by molar-refractivity contribution is 8.01. The van der Waals surface area contributed by atoms with E-state index in [2.05, 4.69) is 146 Å². The number of hydrogen-bond acceptors (Lipinski definition) is 0. The van der Waals surface area contributed by atoms with Crippen molar-refractivity contribution in [3.8, 4) is 0 Å². The molecule has 5 rings (SSSR count). The van der Waals surface area contributed by atoms with Crippen molar-refractivity contribution in [2.75, 3.05) is 0 Å². The predicted molar refractivity (Wildman–Crippen MR) is 140 cm³/mol. The Morgan fingerprint density at radius 3 is 1.19 bits per heavy atom. The Kier molecular flexibility index (Phi) is 5.97. The third kappa shape index (κ3) is 3.91. The molecule has 0 aromatic heterocycles. The zero-order valence-corrected chi connectivity index (χ0v) is 18.9. The smallest absolute Gasteiger partial charge is 0.0622 e. The summed E-state index contributed by atoms with van der Waals surface area (Å²) in [5.41, 5.74) is 2.69. The summed E-state index contributed by atoms with van der Waals surface area (Å²) in [6.07, 6.45) is 0.938. The van der Waals surface area contributed by atoms with Crippen molar-refractivity contribution in [3.63, 3.8) is 0 Å². The number of rotatable bonds is 6. The molecule has 0 fully saturated rings. The molecular formula is C31H26P+. The molecule has 0 amide bonds. The Hall–Kier alpha value is -3.47. The van der Waals surface area contributed by atoms with Gasteiger partial charge in [-0.25, -0.2) is 0 Å². The van der Waals surface area contributed by atoms with Crippen LogP contribution >= 0.6 is 7.26 Å². The molecule has 1 heteroatoms. The van der Waals surface area contributed by atoms with E-state index in [0.29, 0.717) is 0 Å². The van der Waals surface area contributed by atoms with E-state index in [9.17, 15) is 0 Å². The zero-order chi connectivity index (χ0) is 21.6. The van der Waals surface area contributed by atoms with Gasteiger partial charge in [0, 0.05) is 0 Å². The quantitative estimate of drug-likeness (QED) is 0.295. The normalized spacial score (nSPS) is 11.2. The van der Waals surface area contributed by atoms with E-state index in [-0.39, 0.29) is 0 Å². The summed E-state index contributed by atoms with van der Waals surface area (Å²) < 4.78 is 0. The van der Waals surface area contributed by atoms with Crippen LogP contribution in [0.4, 0.5) is 0 Å². The summed E-state index contributed by atoms with van der Waals surface area (Å²) in [6, 6.07) is 53.2. The van der Waals surface area contributed by atoms with Gasteiger partial charge in [0.25, 0.3) is 0 Å². The van der Waals surface area contributed by atoms with Crippen LogP contribution in [0.15, 0.2) is 146 Å². The van der Waals surface area contributed by atoms with Crippen molar-refractivity contribution < 1.29 is 0 Å². The molecule has 0 heterocycles. The number of benzene rings is 5. The lowest BCUT2D eigenvalue weighted by molar-refractivity contribution is 1.20. The van der Waals surface area contributed by atoms with Crippen LogP contribution in [-0.4, -0.2) is 0 Å². The van der Waals surface area contributed by atoms with Crippen LogP contribution in [0, 0.1) is 0 Å². The lowest BCUT2D eigenvalue weighted by atomic mass is 10.1. The summed E-state index contributed by atoms with van der Waals surface area (Å²) in [6.45, 7) is 0. The largest absolute Gasteiger partial charge is 0.144 e. The molecule has 5 aromatic carbocycles. The lowest BCUT2D eigenvalue weighted by Gasteiger charge is -2.28. The third-order valence-electron chi connectivity index (χ3n) is 5.98. The highest BCUT2D eigenvalue weighted by atomic mass is 31.2. The van der Waals surface area contributed by atoms with Crippen LogP contribution in [0.2, 0.25) is 0 Å². The third-order valence-corrected chi connectivity index (χ3v) is 10.3. The first-order valence-electron chi connectivity index (χ1n) is 11.1. The molecule has 0 aliphatic carbocycles. The average Bonchev–Trinajstić information content (AvgIpc) is 2.88. The van der Waals surface area contributed by atoms with E-state index in [1.165, 1.54) is 32.3 Å². The standard InChI is InChI=1S/C31H26P/c1-5-14-26(15-6-1)24-27-16-13-23-31(25-27)32(28-17-7-2-8-18-28,29-19-9-3-10-20-29)30-21-11-4-12-22-30/h1-23,25H,24H2/q+1. The van der Waals surface area contributed by atoms with Crippen molar-refractivity contribution >= 4 is 28.5 Å². The van der Waals surface area contributed by atoms with Gasteiger partial charge in [0.1, 0.15) is 28.5 Å². The molecule has 0 aliphatic rings. The maximum Gasteiger partial charge on any atom is 0.144 e. The van der Waals surface area contributed by atoms with E-state index in [1.807, 2.05) is 0 Å². The van der Waals surface area contributed by atoms with E-state index < -0.39 is 7.26 Å². The van der Waals surface area contributed by atoms with Crippen LogP contribution in [0.3, 0.4) is 0 Å². The van der Waals surface area contributed by atoms with Gasteiger partial charge >= 0.3 is 0 Å². The molecule has 0 radical (unpaired) electrons. The Labute approximate surface area is 191 Å². The van der Waals surface area contributed by atoms with E-state index in [0.717, 1.165) is 6.42 Å². The van der Waals surface area contributed by atoms with Gasteiger partial charge in [-0.05, 0) is 66.1 Å². The first-order chi connectivity index (χ1) is 15.9. The fourth-order valence-corrected chi connectivity index (χ4v) is 8.87. The van der Waals surface area contributed by atoms with Crippen molar-refractivity contribution in [2.24, 2.45) is 0 Å². The second-order valence-electron chi connectivity index (χ2n) is 8.01. The summed E-state index contributed by atoms with van der Waals surface area (Å²) >= 11 is 0. The molecule has 0 aliphatic heterocycles. The average molecular weight is 430 g/mol. The monoisotopic (exact) mass is 429 g/mol. The van der Waals surface area contributed by atoms with Gasteiger partial charge in [0.05, 0.1) is 0 Å². The zero-order valence-electron chi connectivity index (χ0n) is 18.0. The molecule has 0 bridgehead atoms. The Balaban J connectivity index is 1.77. The minimum Gasteiger partial charge on any atom is -0.0622 e. The molecule has 154 valence electrons. The summed E-state index contributed by atoms with van der Waals surface area (Å²) in [7, 11) is -2.04. The minimum atomic E-state index is -2.04. The molecule has 0 saturated carbocycles. The summed E-state index contributed by atoms with van der Waals surface area (Å²) in [4.78, 5) is 0. The van der Waals surface area contributed by atoms with Gasteiger partial charge in [-0.1, -0.05) is 97.1 Å². The summed E-state index contributed by atoms with van der Waals surface area (Å²) in [5, 5.41) is 5.55. The molecule has 0 saturated heterocycles. The van der Waals surface area contributed by atoms with E-state index >= 15 is 0 Å². The van der Waals surface area contributed by atoms with Gasteiger partial charge in [-0.15, -0.1) is 0 Å². The second-order valence-corrected chi connectivity index (χ2v) is 11.4. The molecule has 0 atom stereocenters. The Morgan fingerprint density at radius 2 is 0.719 bits per heavy atom. The predicted octanol–water partition coefficient (Wildman–Crippen LogP) is 5.90. The molecule has 0 spiro atoms. The molecular weight excluding hydrogens is 403 g/mol. The molecule has 5 aromatic rings. The maximum absolute atomic E-state index is 2.44. The van der Waals surface area contributed by atoms with Crippen LogP contribution in [0.5, 0.6) is 0 Å². The maximum atomic E-state index is 2.44. The SMILES string of the molecule is c1ccc(Cc2cccc([P+](c3ccccc3)(c3ccccc3)c3ccccc3)c2)cc1. The summed E-state index contributed by atoms with van der Waals surface area (Å²) in [5.74, 6) is 0. The molecule has 0 unspecified atom stereocenters. The topological polar surface area (TPSA) is 0 Å². The van der Waals surface area contributed by atoms with Crippen LogP contribution in [0.25, 0.3) is 0 Å². The van der Waals surface area contributed by atoms with Gasteiger partial charge in [-0.2, -0.15) is 0 Å². The molecule has 0 N–H and O–H groups in total. The Bertz CT molecular complexity index is 1170. The van der Waals surface area contributed by atoms with E-state index in [1.54, 1.807) is 0 Å². The first kappa shape index (κ1) is 20.4. The van der Waals surface area contributed by atoms with Gasteiger partial charge in [0.2, 0.25) is 0 Å². The van der Waals surface area contributed by atoms with Gasteiger partial charge in [-0.3, -0.25) is 0 Å². The lowest BCUT2D eigenvalue weighted by Crippen LogP contribution is -2.38. The van der Waals surface area contributed by atoms with E-state index in [4.69, 9.17) is 0 Å². The van der Waals surface area contributed by atoms with Crippen molar-refractivity contribution in [2.45, 2.75) is 6.42 Å².